The molecule has 1 N–H and O–H groups in total. The number of benzene rings is 2. The first kappa shape index (κ1) is 19.3. The van der Waals surface area contributed by atoms with Gasteiger partial charge in [-0.05, 0) is 18.6 Å². The molecule has 4 rings (SSSR count). The largest absolute Gasteiger partial charge is 0.370 e. The van der Waals surface area contributed by atoms with Gasteiger partial charge in [-0.3, -0.25) is 10.1 Å². The second-order valence-electron chi connectivity index (χ2n) is 6.71. The zero-order valence-corrected chi connectivity index (χ0v) is 16.2. The smallest absolute Gasteiger partial charge is 0.269 e. The number of aryl methyl sites for hydroxylation is 1. The summed E-state index contributed by atoms with van der Waals surface area (Å²) in [5.74, 6) is 1.31. The Bertz CT molecular complexity index is 1110. The number of non-ortho nitro benzene ring substituents is 1. The fourth-order valence-electron chi connectivity index (χ4n) is 3.05. The lowest BCUT2D eigenvalue weighted by Gasteiger charge is -2.11. The summed E-state index contributed by atoms with van der Waals surface area (Å²) in [4.78, 5) is 23.9. The Hall–Kier alpha value is -4.07. The van der Waals surface area contributed by atoms with Gasteiger partial charge in [0.05, 0.1) is 16.9 Å². The number of hydrogen-bond acceptors (Lipinski definition) is 6. The van der Waals surface area contributed by atoms with Crippen LogP contribution in [0.2, 0.25) is 0 Å². The van der Waals surface area contributed by atoms with Crippen LogP contribution in [0.5, 0.6) is 0 Å². The van der Waals surface area contributed by atoms with E-state index in [-0.39, 0.29) is 5.69 Å². The van der Waals surface area contributed by atoms with E-state index in [9.17, 15) is 10.1 Å². The predicted octanol–water partition coefficient (Wildman–Crippen LogP) is 4.42. The summed E-state index contributed by atoms with van der Waals surface area (Å²) < 4.78 is 2.03. The Morgan fingerprint density at radius 2 is 1.80 bits per heavy atom. The molecule has 4 aromatic rings. The van der Waals surface area contributed by atoms with E-state index in [0.717, 1.165) is 30.6 Å². The summed E-state index contributed by atoms with van der Waals surface area (Å²) in [6.45, 7) is 1.60. The molecule has 0 amide bonds. The van der Waals surface area contributed by atoms with Crippen LogP contribution in [-0.2, 0) is 6.54 Å². The molecule has 0 saturated carbocycles. The normalized spacial score (nSPS) is 10.7. The van der Waals surface area contributed by atoms with Gasteiger partial charge in [0.2, 0.25) is 0 Å². The van der Waals surface area contributed by atoms with Crippen LogP contribution in [-0.4, -0.2) is 31.0 Å². The molecule has 150 valence electrons. The molecule has 8 nitrogen and oxygen atoms in total. The van der Waals surface area contributed by atoms with Crippen molar-refractivity contribution in [2.45, 2.75) is 13.0 Å². The summed E-state index contributed by atoms with van der Waals surface area (Å²) >= 11 is 0. The van der Waals surface area contributed by atoms with Crippen molar-refractivity contribution >= 4 is 11.5 Å². The monoisotopic (exact) mass is 400 g/mol. The maximum atomic E-state index is 10.9. The first-order valence-corrected chi connectivity index (χ1v) is 9.58. The molecule has 8 heteroatoms. The van der Waals surface area contributed by atoms with E-state index >= 15 is 0 Å². The third kappa shape index (κ3) is 4.67. The van der Waals surface area contributed by atoms with E-state index in [0.29, 0.717) is 17.3 Å². The minimum absolute atomic E-state index is 0.0499. The van der Waals surface area contributed by atoms with Gasteiger partial charge in [-0.25, -0.2) is 15.0 Å². The number of imidazole rings is 1. The Morgan fingerprint density at radius 1 is 1.00 bits per heavy atom. The average Bonchev–Trinajstić information content (AvgIpc) is 3.31. The van der Waals surface area contributed by atoms with Gasteiger partial charge in [0, 0.05) is 54.8 Å². The molecular weight excluding hydrogens is 380 g/mol. The van der Waals surface area contributed by atoms with Crippen molar-refractivity contribution in [1.82, 2.24) is 19.5 Å². The molecular formula is C22H20N6O2. The number of aromatic nitrogens is 4. The first-order chi connectivity index (χ1) is 14.7. The maximum absolute atomic E-state index is 10.9. The van der Waals surface area contributed by atoms with Crippen LogP contribution in [0.25, 0.3) is 22.6 Å². The molecule has 0 radical (unpaired) electrons. The molecule has 0 aliphatic rings. The number of nitrogens with one attached hydrogen (secondary N) is 1. The maximum Gasteiger partial charge on any atom is 0.269 e. The van der Waals surface area contributed by atoms with Crippen molar-refractivity contribution in [2.24, 2.45) is 0 Å². The number of nitro benzene ring substituents is 1. The van der Waals surface area contributed by atoms with E-state index in [4.69, 9.17) is 0 Å². The first-order valence-electron chi connectivity index (χ1n) is 9.58. The Labute approximate surface area is 173 Å². The lowest BCUT2D eigenvalue weighted by molar-refractivity contribution is -0.384. The second kappa shape index (κ2) is 8.95. The van der Waals surface area contributed by atoms with E-state index in [2.05, 4.69) is 20.3 Å². The highest BCUT2D eigenvalue weighted by Gasteiger charge is 2.11. The minimum Gasteiger partial charge on any atom is -0.370 e. The third-order valence-electron chi connectivity index (χ3n) is 4.59. The predicted molar refractivity (Wildman–Crippen MR) is 115 cm³/mol. The Morgan fingerprint density at radius 3 is 2.50 bits per heavy atom. The SMILES string of the molecule is O=[N+]([O-])c1ccc(-c2cc(NCCCn3ccnc3)nc(-c3ccccc3)n2)cc1. The molecule has 0 bridgehead atoms. The molecule has 30 heavy (non-hydrogen) atoms. The fourth-order valence-corrected chi connectivity index (χ4v) is 3.05. The summed E-state index contributed by atoms with van der Waals surface area (Å²) in [5.41, 5.74) is 2.45. The average molecular weight is 400 g/mol. The minimum atomic E-state index is -0.410. The summed E-state index contributed by atoms with van der Waals surface area (Å²) in [6, 6.07) is 18.0. The molecule has 0 spiro atoms. The zero-order valence-electron chi connectivity index (χ0n) is 16.2. The van der Waals surface area contributed by atoms with E-state index in [1.165, 1.54) is 12.1 Å². The van der Waals surface area contributed by atoms with E-state index < -0.39 is 4.92 Å². The zero-order chi connectivity index (χ0) is 20.8. The lowest BCUT2D eigenvalue weighted by Crippen LogP contribution is -2.08. The van der Waals surface area contributed by atoms with E-state index in [1.54, 1.807) is 24.7 Å². The van der Waals surface area contributed by atoms with Gasteiger partial charge in [-0.2, -0.15) is 0 Å². The van der Waals surface area contributed by atoms with Crippen LogP contribution < -0.4 is 5.32 Å². The molecule has 0 unspecified atom stereocenters. The van der Waals surface area contributed by atoms with Crippen molar-refractivity contribution in [3.05, 3.63) is 89.5 Å². The van der Waals surface area contributed by atoms with Crippen LogP contribution in [0.3, 0.4) is 0 Å². The molecule has 2 aromatic heterocycles. The molecule has 0 atom stereocenters. The molecule has 0 aliphatic heterocycles. The summed E-state index contributed by atoms with van der Waals surface area (Å²) in [7, 11) is 0. The van der Waals surface area contributed by atoms with Crippen LogP contribution in [0.1, 0.15) is 6.42 Å². The summed E-state index contributed by atoms with van der Waals surface area (Å²) in [6.07, 6.45) is 6.41. The lowest BCUT2D eigenvalue weighted by atomic mass is 10.1. The van der Waals surface area contributed by atoms with Crippen molar-refractivity contribution in [3.63, 3.8) is 0 Å². The van der Waals surface area contributed by atoms with Gasteiger partial charge in [-0.15, -0.1) is 0 Å². The molecule has 2 aromatic carbocycles. The molecule has 0 fully saturated rings. The van der Waals surface area contributed by atoms with Gasteiger partial charge < -0.3 is 9.88 Å². The number of nitrogens with zero attached hydrogens (tertiary/aromatic N) is 5. The van der Waals surface area contributed by atoms with Crippen LogP contribution in [0.4, 0.5) is 11.5 Å². The fraction of sp³-hybridized carbons (Fsp3) is 0.136. The third-order valence-corrected chi connectivity index (χ3v) is 4.59. The Kier molecular flexibility index (Phi) is 5.75. The number of rotatable bonds is 8. The van der Waals surface area contributed by atoms with E-state index in [1.807, 2.05) is 47.2 Å². The number of anilines is 1. The number of hydrogen-bond donors (Lipinski definition) is 1. The van der Waals surface area contributed by atoms with Crippen LogP contribution >= 0.6 is 0 Å². The second-order valence-corrected chi connectivity index (χ2v) is 6.71. The van der Waals surface area contributed by atoms with Crippen molar-refractivity contribution < 1.29 is 4.92 Å². The van der Waals surface area contributed by atoms with Gasteiger partial charge >= 0.3 is 0 Å². The van der Waals surface area contributed by atoms with Gasteiger partial charge in [0.25, 0.3) is 5.69 Å². The molecule has 2 heterocycles. The van der Waals surface area contributed by atoms with Crippen molar-refractivity contribution in [3.8, 4) is 22.6 Å². The molecule has 0 aliphatic carbocycles. The highest BCUT2D eigenvalue weighted by atomic mass is 16.6. The Balaban J connectivity index is 1.58. The standard InChI is InChI=1S/C22H20N6O2/c29-28(30)19-9-7-17(8-10-19)20-15-21(24-11-4-13-27-14-12-23-16-27)26-22(25-20)18-5-2-1-3-6-18/h1-3,5-10,12,14-16H,4,11,13H2,(H,24,25,26). The molecule has 0 saturated heterocycles. The highest BCUT2D eigenvalue weighted by Crippen LogP contribution is 2.26. The number of nitro groups is 1. The van der Waals surface area contributed by atoms with Crippen molar-refractivity contribution in [2.75, 3.05) is 11.9 Å². The quantitative estimate of drug-likeness (QED) is 0.267. The van der Waals surface area contributed by atoms with Gasteiger partial charge in [-0.1, -0.05) is 30.3 Å². The summed E-state index contributed by atoms with van der Waals surface area (Å²) in [5, 5.41) is 14.3. The van der Waals surface area contributed by atoms with Crippen molar-refractivity contribution in [1.29, 1.82) is 0 Å². The topological polar surface area (TPSA) is 98.8 Å². The van der Waals surface area contributed by atoms with Crippen LogP contribution in [0, 0.1) is 10.1 Å². The van der Waals surface area contributed by atoms with Gasteiger partial charge in [0.1, 0.15) is 5.82 Å². The van der Waals surface area contributed by atoms with Crippen LogP contribution in [0.15, 0.2) is 79.4 Å². The van der Waals surface area contributed by atoms with Gasteiger partial charge in [0.15, 0.2) is 5.82 Å². The highest BCUT2D eigenvalue weighted by molar-refractivity contribution is 5.68.